The van der Waals surface area contributed by atoms with Gasteiger partial charge in [-0.1, -0.05) is 41.4 Å². The first-order valence-corrected chi connectivity index (χ1v) is 8.98. The number of nitro benzene ring substituents is 1. The SMILES string of the molecule is O=[N+]([O-])c1ccc(N/N=C/c2ccccc2OCc2ccc(Cl)cc2Cl)cc1. The van der Waals surface area contributed by atoms with E-state index < -0.39 is 4.92 Å². The second-order valence-electron chi connectivity index (χ2n) is 5.74. The Morgan fingerprint density at radius 1 is 1.07 bits per heavy atom. The van der Waals surface area contributed by atoms with E-state index in [2.05, 4.69) is 10.5 Å². The van der Waals surface area contributed by atoms with Gasteiger partial charge < -0.3 is 4.74 Å². The van der Waals surface area contributed by atoms with E-state index in [4.69, 9.17) is 27.9 Å². The van der Waals surface area contributed by atoms with Gasteiger partial charge >= 0.3 is 0 Å². The molecule has 0 aliphatic rings. The maximum Gasteiger partial charge on any atom is 0.269 e. The topological polar surface area (TPSA) is 76.8 Å². The number of halogens is 2. The van der Waals surface area contributed by atoms with Crippen LogP contribution in [0.2, 0.25) is 10.0 Å². The third-order valence-electron chi connectivity index (χ3n) is 3.79. The lowest BCUT2D eigenvalue weighted by Gasteiger charge is -2.10. The van der Waals surface area contributed by atoms with Crippen LogP contribution in [0.5, 0.6) is 5.75 Å². The number of anilines is 1. The number of ether oxygens (including phenoxy) is 1. The predicted octanol–water partition coefficient (Wildman–Crippen LogP) is 5.93. The second-order valence-corrected chi connectivity index (χ2v) is 6.58. The van der Waals surface area contributed by atoms with Crippen LogP contribution in [-0.4, -0.2) is 11.1 Å². The van der Waals surface area contributed by atoms with Gasteiger partial charge in [-0.3, -0.25) is 15.5 Å². The van der Waals surface area contributed by atoms with Gasteiger partial charge in [-0.05, 0) is 36.4 Å². The summed E-state index contributed by atoms with van der Waals surface area (Å²) in [5.74, 6) is 0.641. The first-order chi connectivity index (χ1) is 13.5. The first kappa shape index (κ1) is 19.7. The molecule has 0 aromatic heterocycles. The van der Waals surface area contributed by atoms with Crippen molar-refractivity contribution in [3.63, 3.8) is 0 Å². The fourth-order valence-corrected chi connectivity index (χ4v) is 2.81. The summed E-state index contributed by atoms with van der Waals surface area (Å²) in [6.45, 7) is 0.288. The highest BCUT2D eigenvalue weighted by Crippen LogP contribution is 2.24. The van der Waals surface area contributed by atoms with E-state index in [1.54, 1.807) is 30.5 Å². The van der Waals surface area contributed by atoms with E-state index in [-0.39, 0.29) is 12.3 Å². The minimum absolute atomic E-state index is 0.0223. The summed E-state index contributed by atoms with van der Waals surface area (Å²) in [6.07, 6.45) is 1.61. The summed E-state index contributed by atoms with van der Waals surface area (Å²) in [5.41, 5.74) is 5.07. The maximum absolute atomic E-state index is 10.7. The molecule has 0 aliphatic heterocycles. The molecule has 1 N–H and O–H groups in total. The minimum atomic E-state index is -0.451. The third-order valence-corrected chi connectivity index (χ3v) is 4.38. The monoisotopic (exact) mass is 415 g/mol. The van der Waals surface area contributed by atoms with Crippen LogP contribution in [0.3, 0.4) is 0 Å². The van der Waals surface area contributed by atoms with Crippen molar-refractivity contribution in [2.45, 2.75) is 6.61 Å². The lowest BCUT2D eigenvalue weighted by atomic mass is 10.2. The molecular formula is C20H15Cl2N3O3. The third kappa shape index (κ3) is 5.22. The van der Waals surface area contributed by atoms with E-state index in [1.165, 1.54) is 12.1 Å². The summed E-state index contributed by atoms with van der Waals surface area (Å²) in [6, 6.07) is 18.6. The Labute approximate surface area is 171 Å². The zero-order valence-electron chi connectivity index (χ0n) is 14.5. The molecule has 0 fully saturated rings. The fourth-order valence-electron chi connectivity index (χ4n) is 2.35. The predicted molar refractivity (Wildman–Crippen MR) is 112 cm³/mol. The zero-order valence-corrected chi connectivity index (χ0v) is 16.0. The van der Waals surface area contributed by atoms with Crippen LogP contribution in [0, 0.1) is 10.1 Å². The van der Waals surface area contributed by atoms with Crippen molar-refractivity contribution in [2.75, 3.05) is 5.43 Å². The van der Waals surface area contributed by atoms with Gasteiger partial charge in [0.25, 0.3) is 5.69 Å². The number of hydrogen-bond donors (Lipinski definition) is 1. The number of nitro groups is 1. The zero-order chi connectivity index (χ0) is 19.9. The smallest absolute Gasteiger partial charge is 0.269 e. The number of nitrogens with zero attached hydrogens (tertiary/aromatic N) is 2. The number of hydrazone groups is 1. The highest BCUT2D eigenvalue weighted by Gasteiger charge is 2.06. The molecule has 3 aromatic rings. The molecule has 28 heavy (non-hydrogen) atoms. The van der Waals surface area contributed by atoms with Crippen LogP contribution in [0.1, 0.15) is 11.1 Å². The summed E-state index contributed by atoms with van der Waals surface area (Å²) in [5, 5.41) is 15.9. The van der Waals surface area contributed by atoms with Gasteiger partial charge in [-0.25, -0.2) is 0 Å². The maximum atomic E-state index is 10.7. The van der Waals surface area contributed by atoms with Gasteiger partial charge in [-0.15, -0.1) is 0 Å². The van der Waals surface area contributed by atoms with E-state index in [0.717, 1.165) is 11.1 Å². The molecule has 3 rings (SSSR count). The van der Waals surface area contributed by atoms with Crippen molar-refractivity contribution in [3.05, 3.63) is 98.0 Å². The van der Waals surface area contributed by atoms with Crippen LogP contribution in [-0.2, 0) is 6.61 Å². The Morgan fingerprint density at radius 3 is 2.54 bits per heavy atom. The summed E-state index contributed by atoms with van der Waals surface area (Å²) in [4.78, 5) is 10.2. The van der Waals surface area contributed by atoms with Crippen LogP contribution in [0.25, 0.3) is 0 Å². The van der Waals surface area contributed by atoms with E-state index in [0.29, 0.717) is 21.5 Å². The van der Waals surface area contributed by atoms with Crippen LogP contribution >= 0.6 is 23.2 Å². The van der Waals surface area contributed by atoms with E-state index in [1.807, 2.05) is 30.3 Å². The quantitative estimate of drug-likeness (QED) is 0.294. The summed E-state index contributed by atoms with van der Waals surface area (Å²) < 4.78 is 5.87. The average Bonchev–Trinajstić information content (AvgIpc) is 2.68. The van der Waals surface area contributed by atoms with Crippen molar-refractivity contribution in [2.24, 2.45) is 5.10 Å². The lowest BCUT2D eigenvalue weighted by Crippen LogP contribution is -2.00. The number of hydrogen-bond acceptors (Lipinski definition) is 5. The normalized spacial score (nSPS) is 10.8. The molecule has 0 atom stereocenters. The summed E-state index contributed by atoms with van der Waals surface area (Å²) in [7, 11) is 0. The van der Waals surface area contributed by atoms with Crippen molar-refractivity contribution >= 4 is 40.8 Å². The van der Waals surface area contributed by atoms with Crippen LogP contribution in [0.15, 0.2) is 71.8 Å². The summed E-state index contributed by atoms with van der Waals surface area (Å²) >= 11 is 12.1. The molecular weight excluding hydrogens is 401 g/mol. The van der Waals surface area contributed by atoms with Gasteiger partial charge in [0.15, 0.2) is 0 Å². The molecule has 0 saturated carbocycles. The number of non-ortho nitro benzene ring substituents is 1. The molecule has 0 spiro atoms. The molecule has 142 valence electrons. The van der Waals surface area contributed by atoms with Crippen molar-refractivity contribution < 1.29 is 9.66 Å². The standard InChI is InChI=1S/C20H15Cl2N3O3/c21-16-6-5-15(19(22)11-16)13-28-20-4-2-1-3-14(20)12-23-24-17-7-9-18(10-8-17)25(26)27/h1-12,24H,13H2/b23-12+. The number of nitrogens with one attached hydrogen (secondary N) is 1. The van der Waals surface area contributed by atoms with E-state index in [9.17, 15) is 10.1 Å². The Bertz CT molecular complexity index is 1010. The molecule has 0 heterocycles. The van der Waals surface area contributed by atoms with Crippen molar-refractivity contribution in [3.8, 4) is 5.75 Å². The number of rotatable bonds is 7. The molecule has 3 aromatic carbocycles. The molecule has 0 bridgehead atoms. The average molecular weight is 416 g/mol. The molecule has 0 aliphatic carbocycles. The molecule has 0 amide bonds. The highest BCUT2D eigenvalue weighted by atomic mass is 35.5. The molecule has 0 radical (unpaired) electrons. The molecule has 0 saturated heterocycles. The van der Waals surface area contributed by atoms with E-state index >= 15 is 0 Å². The number of para-hydroxylation sites is 1. The molecule has 8 heteroatoms. The van der Waals surface area contributed by atoms with Crippen molar-refractivity contribution in [1.29, 1.82) is 0 Å². The Morgan fingerprint density at radius 2 is 1.82 bits per heavy atom. The number of benzene rings is 3. The first-order valence-electron chi connectivity index (χ1n) is 8.22. The minimum Gasteiger partial charge on any atom is -0.488 e. The van der Waals surface area contributed by atoms with Gasteiger partial charge in [0.2, 0.25) is 0 Å². The Kier molecular flexibility index (Phi) is 6.47. The van der Waals surface area contributed by atoms with Gasteiger partial charge in [0.1, 0.15) is 12.4 Å². The van der Waals surface area contributed by atoms with Crippen LogP contribution in [0.4, 0.5) is 11.4 Å². The highest BCUT2D eigenvalue weighted by molar-refractivity contribution is 6.35. The van der Waals surface area contributed by atoms with Gasteiger partial charge in [0.05, 0.1) is 16.8 Å². The van der Waals surface area contributed by atoms with Crippen LogP contribution < -0.4 is 10.2 Å². The fraction of sp³-hybridized carbons (Fsp3) is 0.0500. The molecule has 6 nitrogen and oxygen atoms in total. The Hall–Kier alpha value is -3.09. The van der Waals surface area contributed by atoms with Gasteiger partial charge in [-0.2, -0.15) is 5.10 Å². The molecule has 0 unspecified atom stereocenters. The largest absolute Gasteiger partial charge is 0.488 e. The lowest BCUT2D eigenvalue weighted by molar-refractivity contribution is -0.384. The van der Waals surface area contributed by atoms with Crippen molar-refractivity contribution in [1.82, 2.24) is 0 Å². The Balaban J connectivity index is 1.66. The van der Waals surface area contributed by atoms with Gasteiger partial charge in [0, 0.05) is 33.3 Å². The second kappa shape index (κ2) is 9.21.